The van der Waals surface area contributed by atoms with Crippen LogP contribution in [0.5, 0.6) is 0 Å². The second kappa shape index (κ2) is 23.0. The summed E-state index contributed by atoms with van der Waals surface area (Å²) in [7, 11) is 0. The monoisotopic (exact) mass is 784 g/mol. The van der Waals surface area contributed by atoms with Crippen LogP contribution in [0.25, 0.3) is 0 Å². The highest BCUT2D eigenvalue weighted by Crippen LogP contribution is 2.42. The lowest BCUT2D eigenvalue weighted by Crippen LogP contribution is -2.49. The first-order chi connectivity index (χ1) is 26.4. The minimum atomic E-state index is -3.14. The Hall–Kier alpha value is -4.38. The Morgan fingerprint density at radius 2 is 1.38 bits per heavy atom. The van der Waals surface area contributed by atoms with Crippen LogP contribution < -0.4 is 0 Å². The van der Waals surface area contributed by atoms with E-state index in [2.05, 4.69) is 31.9 Å². The number of hydrogen-bond donors (Lipinski definition) is 0. The molecule has 0 saturated carbocycles. The van der Waals surface area contributed by atoms with Crippen molar-refractivity contribution in [3.8, 4) is 0 Å². The van der Waals surface area contributed by atoms with Crippen molar-refractivity contribution >= 4 is 23.4 Å². The van der Waals surface area contributed by atoms with E-state index in [1.165, 1.54) is 30.7 Å². The van der Waals surface area contributed by atoms with Crippen molar-refractivity contribution in [2.24, 2.45) is 16.3 Å². The van der Waals surface area contributed by atoms with E-state index in [4.69, 9.17) is 4.99 Å². The van der Waals surface area contributed by atoms with Crippen LogP contribution in [0, 0.1) is 23.0 Å². The van der Waals surface area contributed by atoms with Gasteiger partial charge in [0.1, 0.15) is 17.5 Å². The van der Waals surface area contributed by atoms with Crippen molar-refractivity contribution in [2.45, 2.75) is 106 Å². The van der Waals surface area contributed by atoms with E-state index >= 15 is 0 Å². The fraction of sp³-hybridized carbons (Fsp3) is 0.511. The number of rotatable bonds is 13. The van der Waals surface area contributed by atoms with Gasteiger partial charge in [0.15, 0.2) is 11.3 Å². The predicted molar refractivity (Wildman–Crippen MR) is 220 cm³/mol. The zero-order valence-corrected chi connectivity index (χ0v) is 35.2. The normalized spacial score (nSPS) is 16.3. The van der Waals surface area contributed by atoms with E-state index in [0.717, 1.165) is 51.5 Å². The number of benzene rings is 2. The molecule has 2 amide bonds. The second-order valence-electron chi connectivity index (χ2n) is 14.3. The molecule has 310 valence electrons. The van der Waals surface area contributed by atoms with Crippen LogP contribution >= 0.6 is 0 Å². The van der Waals surface area contributed by atoms with Gasteiger partial charge in [0.2, 0.25) is 5.91 Å². The molecule has 0 N–H and O–H groups in total. The van der Waals surface area contributed by atoms with Crippen molar-refractivity contribution in [1.82, 2.24) is 14.7 Å². The molecule has 11 heteroatoms. The highest BCUT2D eigenvalue weighted by atomic mass is 19.3. The maximum Gasteiger partial charge on any atom is 0.302 e. The molecular formula is C45H64F4N4O3. The van der Waals surface area contributed by atoms with Crippen LogP contribution in [0.4, 0.5) is 17.6 Å². The highest BCUT2D eigenvalue weighted by Gasteiger charge is 2.51. The first-order valence-electron chi connectivity index (χ1n) is 19.7. The summed E-state index contributed by atoms with van der Waals surface area (Å²) in [6, 6.07) is 11.6. The molecular weight excluding hydrogens is 721 g/mol. The minimum Gasteiger partial charge on any atom is -0.312 e. The fourth-order valence-corrected chi connectivity index (χ4v) is 6.26. The number of nitrogens with zero attached hydrogens (tertiary/aromatic N) is 4. The Bertz CT molecular complexity index is 1590. The first-order valence-corrected chi connectivity index (χ1v) is 19.7. The summed E-state index contributed by atoms with van der Waals surface area (Å²) in [5.41, 5.74) is -0.0441. The number of allylic oxidation sites excluding steroid dienone is 3. The summed E-state index contributed by atoms with van der Waals surface area (Å²) in [5.74, 6) is -4.55. The summed E-state index contributed by atoms with van der Waals surface area (Å²) in [5, 5.41) is 0. The van der Waals surface area contributed by atoms with Gasteiger partial charge in [-0.05, 0) is 93.4 Å². The van der Waals surface area contributed by atoms with Crippen molar-refractivity contribution in [3.63, 3.8) is 0 Å². The molecule has 4 rings (SSSR count). The Labute approximate surface area is 333 Å². The molecule has 0 bridgehead atoms. The number of alkyl halides is 2. The molecule has 2 aliphatic rings. The lowest BCUT2D eigenvalue weighted by atomic mass is 9.78. The predicted octanol–water partition coefficient (Wildman–Crippen LogP) is 10.4. The van der Waals surface area contributed by atoms with E-state index < -0.39 is 34.3 Å². The molecule has 56 heavy (non-hydrogen) atoms. The van der Waals surface area contributed by atoms with Gasteiger partial charge in [0.05, 0.1) is 0 Å². The molecule has 0 radical (unpaired) electrons. The van der Waals surface area contributed by atoms with Crippen molar-refractivity contribution in [1.29, 1.82) is 0 Å². The largest absolute Gasteiger partial charge is 0.312 e. The van der Waals surface area contributed by atoms with Crippen LogP contribution in [0.1, 0.15) is 106 Å². The number of Topliss-reactive ketones (excluding diaryl/α,β-unsaturated/α-hetero) is 1. The molecule has 0 aliphatic carbocycles. The lowest BCUT2D eigenvalue weighted by Gasteiger charge is -2.41. The van der Waals surface area contributed by atoms with Crippen molar-refractivity contribution in [3.05, 3.63) is 108 Å². The molecule has 1 fully saturated rings. The minimum absolute atomic E-state index is 0.0412. The third-order valence-corrected chi connectivity index (χ3v) is 9.47. The second-order valence-corrected chi connectivity index (χ2v) is 14.3. The van der Waals surface area contributed by atoms with Crippen LogP contribution in [0.2, 0.25) is 0 Å². The maximum atomic E-state index is 14.3. The van der Waals surface area contributed by atoms with Crippen LogP contribution in [0.3, 0.4) is 0 Å². The fourth-order valence-electron chi connectivity index (χ4n) is 6.26. The molecule has 0 aromatic heterocycles. The third-order valence-electron chi connectivity index (χ3n) is 9.47. The van der Waals surface area contributed by atoms with E-state index in [-0.39, 0.29) is 17.7 Å². The maximum absolute atomic E-state index is 14.3. The molecule has 1 saturated heterocycles. The number of ketones is 1. The zero-order valence-electron chi connectivity index (χ0n) is 35.2. The Balaban J connectivity index is 0.00000115. The van der Waals surface area contributed by atoms with Crippen LogP contribution in [-0.4, -0.2) is 76.8 Å². The van der Waals surface area contributed by atoms with Gasteiger partial charge in [-0.1, -0.05) is 98.4 Å². The summed E-state index contributed by atoms with van der Waals surface area (Å²) in [6.45, 7) is 28.7. The van der Waals surface area contributed by atoms with Gasteiger partial charge in [0, 0.05) is 44.0 Å². The molecule has 2 aromatic carbocycles. The van der Waals surface area contributed by atoms with Crippen LogP contribution in [0.15, 0.2) is 90.6 Å². The van der Waals surface area contributed by atoms with E-state index in [0.29, 0.717) is 37.0 Å². The molecule has 7 nitrogen and oxygen atoms in total. The Kier molecular flexibility index (Phi) is 20.4. The van der Waals surface area contributed by atoms with E-state index in [9.17, 15) is 31.9 Å². The first kappa shape index (κ1) is 49.6. The highest BCUT2D eigenvalue weighted by molar-refractivity contribution is 6.11. The van der Waals surface area contributed by atoms with Gasteiger partial charge in [-0.3, -0.25) is 19.3 Å². The van der Waals surface area contributed by atoms with Crippen LogP contribution in [-0.2, 0) is 19.9 Å². The smallest absolute Gasteiger partial charge is 0.302 e. The van der Waals surface area contributed by atoms with E-state index in [1.54, 1.807) is 46.2 Å². The number of carbonyl (C=O) groups is 3. The van der Waals surface area contributed by atoms with Crippen molar-refractivity contribution < 1.29 is 31.9 Å². The SMILES string of the molecule is C=C/C=C(\C=C)N(CC)C(=O)C1(C)CCN(CCCN2C(=O)C(c3ccc(F)cc3)(c3ccc(F)cc3)N=C2C(C)C)CC1.CC.CC(=O)C(C)(F)F.CCC. The number of aliphatic imine (C=N–C) groups is 1. The molecule has 2 aliphatic heterocycles. The Morgan fingerprint density at radius 1 is 0.929 bits per heavy atom. The lowest BCUT2D eigenvalue weighted by molar-refractivity contribution is -0.141. The van der Waals surface area contributed by atoms with Gasteiger partial charge in [-0.25, -0.2) is 13.8 Å². The average Bonchev–Trinajstić information content (AvgIpc) is 3.46. The summed E-state index contributed by atoms with van der Waals surface area (Å²) < 4.78 is 50.8. The summed E-state index contributed by atoms with van der Waals surface area (Å²) in [4.78, 5) is 48.5. The standard InChI is InChI=1S/C36H44F2N4O2.C4H6F2O.C3H8.C2H6/c1-7-11-31(8-2)41(9-3)33(43)35(6)20-24-40(25-21-35)22-10-23-42-32(26(4)5)39-36(34(42)44,27-12-16-29(37)17-13-27)28-14-18-30(38)19-15-28;1-3(7)4(2,5)6;1-3-2;1-2/h7-8,11-19,26H,1-2,9-10,20-25H2,3-6H3;1-2H3;3H2,1-2H3;1-2H3/b31-11+;;;. The van der Waals surface area contributed by atoms with Crippen molar-refractivity contribution in [2.75, 3.05) is 32.7 Å². The number of piperidine rings is 1. The quantitative estimate of drug-likeness (QED) is 0.150. The zero-order chi connectivity index (χ0) is 42.9. The molecule has 0 spiro atoms. The number of amides is 2. The van der Waals surface area contributed by atoms with Gasteiger partial charge >= 0.3 is 5.92 Å². The summed E-state index contributed by atoms with van der Waals surface area (Å²) in [6.07, 6.45) is 8.61. The number of amidine groups is 1. The number of hydrogen-bond acceptors (Lipinski definition) is 5. The number of likely N-dealkylation sites (N-methyl/N-ethyl adjacent to an activating group) is 1. The number of carbonyl (C=O) groups excluding carboxylic acids is 3. The van der Waals surface area contributed by atoms with Gasteiger partial charge < -0.3 is 9.80 Å². The topological polar surface area (TPSA) is 73.3 Å². The molecule has 2 heterocycles. The Morgan fingerprint density at radius 3 is 1.73 bits per heavy atom. The molecule has 0 unspecified atom stereocenters. The molecule has 2 aromatic rings. The number of halogens is 4. The van der Waals surface area contributed by atoms with E-state index in [1.807, 2.05) is 47.6 Å². The number of likely N-dealkylation sites (tertiary alicyclic amines) is 1. The third kappa shape index (κ3) is 12.8. The average molecular weight is 785 g/mol. The van der Waals surface area contributed by atoms with Gasteiger partial charge in [-0.15, -0.1) is 0 Å². The van der Waals surface area contributed by atoms with Gasteiger partial charge in [-0.2, -0.15) is 8.78 Å². The molecule has 0 atom stereocenters. The van der Waals surface area contributed by atoms with Gasteiger partial charge in [0.25, 0.3) is 5.91 Å². The summed E-state index contributed by atoms with van der Waals surface area (Å²) >= 11 is 0.